The Labute approximate surface area is 114 Å². The molecule has 0 aliphatic carbocycles. The first-order valence-corrected chi connectivity index (χ1v) is 6.72. The highest BCUT2D eigenvalue weighted by atomic mass is 16.1. The van der Waals surface area contributed by atoms with Gasteiger partial charge in [-0.15, -0.1) is 0 Å². The van der Waals surface area contributed by atoms with Crippen molar-refractivity contribution in [3.8, 4) is 0 Å². The van der Waals surface area contributed by atoms with Crippen LogP contribution < -0.4 is 16.4 Å². The molecule has 104 valence electrons. The Kier molecular flexibility index (Phi) is 4.04. The minimum atomic E-state index is -0.500. The molecule has 4 N–H and O–H groups in total. The summed E-state index contributed by atoms with van der Waals surface area (Å²) in [6.07, 6.45) is 4.06. The van der Waals surface area contributed by atoms with E-state index in [1.807, 2.05) is 6.07 Å². The van der Waals surface area contributed by atoms with Crippen LogP contribution in [0.1, 0.15) is 37.2 Å². The molecule has 0 aromatic carbocycles. The lowest BCUT2D eigenvalue weighted by Gasteiger charge is -2.39. The molecule has 1 aliphatic rings. The molecule has 1 atom stereocenters. The van der Waals surface area contributed by atoms with Gasteiger partial charge in [0.05, 0.1) is 0 Å². The van der Waals surface area contributed by atoms with E-state index >= 15 is 0 Å². The Hall–Kier alpha value is -1.62. The van der Waals surface area contributed by atoms with Crippen molar-refractivity contribution in [1.29, 1.82) is 0 Å². The predicted molar refractivity (Wildman–Crippen MR) is 76.1 cm³/mol. The zero-order valence-corrected chi connectivity index (χ0v) is 11.6. The van der Waals surface area contributed by atoms with Gasteiger partial charge in [-0.05, 0) is 36.9 Å². The fraction of sp³-hybridized carbons (Fsp3) is 0.571. The van der Waals surface area contributed by atoms with Crippen molar-refractivity contribution in [2.45, 2.75) is 32.7 Å². The Morgan fingerprint density at radius 1 is 1.63 bits per heavy atom. The van der Waals surface area contributed by atoms with Crippen LogP contribution in [0.4, 0.5) is 5.69 Å². The Balaban J connectivity index is 1.98. The van der Waals surface area contributed by atoms with Crippen molar-refractivity contribution in [3.63, 3.8) is 0 Å². The van der Waals surface area contributed by atoms with E-state index in [1.54, 1.807) is 12.3 Å². The number of nitrogens with zero attached hydrogens (tertiary/aromatic N) is 1. The lowest BCUT2D eigenvalue weighted by Crippen LogP contribution is -2.50. The summed E-state index contributed by atoms with van der Waals surface area (Å²) in [5.74, 6) is -0.500. The summed E-state index contributed by atoms with van der Waals surface area (Å²) in [6, 6.07) is 3.96. The minimum Gasteiger partial charge on any atom is -0.383 e. The molecule has 0 saturated carbocycles. The molecule has 1 amide bonds. The second kappa shape index (κ2) is 5.57. The molecule has 1 saturated heterocycles. The molecule has 5 nitrogen and oxygen atoms in total. The summed E-state index contributed by atoms with van der Waals surface area (Å²) >= 11 is 0. The molecule has 1 aromatic heterocycles. The van der Waals surface area contributed by atoms with Crippen LogP contribution >= 0.6 is 0 Å². The largest absolute Gasteiger partial charge is 0.383 e. The average Bonchev–Trinajstić information content (AvgIpc) is 2.37. The number of amides is 1. The van der Waals surface area contributed by atoms with Gasteiger partial charge in [-0.25, -0.2) is 0 Å². The number of rotatable bonds is 4. The number of nitrogens with one attached hydrogen (secondary N) is 2. The van der Waals surface area contributed by atoms with Gasteiger partial charge in [0.25, 0.3) is 5.91 Å². The molecule has 2 rings (SSSR count). The number of primary amides is 1. The van der Waals surface area contributed by atoms with Crippen LogP contribution in [0.2, 0.25) is 0 Å². The van der Waals surface area contributed by atoms with E-state index in [-0.39, 0.29) is 5.41 Å². The summed E-state index contributed by atoms with van der Waals surface area (Å²) < 4.78 is 0. The first kappa shape index (κ1) is 13.8. The zero-order chi connectivity index (χ0) is 13.9. The third kappa shape index (κ3) is 3.44. The molecular weight excluding hydrogens is 240 g/mol. The van der Waals surface area contributed by atoms with Crippen LogP contribution in [0, 0.1) is 5.41 Å². The summed E-state index contributed by atoms with van der Waals surface area (Å²) in [5, 5.41) is 6.90. The topological polar surface area (TPSA) is 80.0 Å². The van der Waals surface area contributed by atoms with Crippen molar-refractivity contribution in [3.05, 3.63) is 24.0 Å². The highest BCUT2D eigenvalue weighted by Crippen LogP contribution is 2.30. The number of carbonyl (C=O) groups excluding carboxylic acids is 1. The molecule has 1 unspecified atom stereocenters. The molecule has 1 fully saturated rings. The molecule has 1 aromatic rings. The first-order chi connectivity index (χ1) is 8.99. The van der Waals surface area contributed by atoms with Crippen molar-refractivity contribution < 1.29 is 4.79 Å². The van der Waals surface area contributed by atoms with E-state index in [1.165, 1.54) is 12.8 Å². The highest BCUT2D eigenvalue weighted by molar-refractivity contribution is 5.91. The Morgan fingerprint density at radius 2 is 2.42 bits per heavy atom. The maximum atomic E-state index is 11.1. The number of anilines is 1. The molecule has 0 bridgehead atoms. The van der Waals surface area contributed by atoms with Gasteiger partial charge in [-0.1, -0.05) is 13.8 Å². The van der Waals surface area contributed by atoms with Crippen LogP contribution in [0.5, 0.6) is 0 Å². The Bertz CT molecular complexity index is 459. The number of pyridine rings is 1. The van der Waals surface area contributed by atoms with Gasteiger partial charge in [0.2, 0.25) is 0 Å². The third-order valence-corrected chi connectivity index (χ3v) is 3.85. The smallest absolute Gasteiger partial charge is 0.267 e. The quantitative estimate of drug-likeness (QED) is 0.765. The monoisotopic (exact) mass is 262 g/mol. The van der Waals surface area contributed by atoms with E-state index in [0.717, 1.165) is 18.8 Å². The molecule has 5 heteroatoms. The standard InChI is InChI=1S/C14H22N4O/c1-14(2)5-3-6-17-12(14)9-18-10-4-7-16-11(8-10)13(15)19/h4,7-8,12,17H,3,5-6,9H2,1-2H3,(H2,15,19)(H,16,18). The number of aromatic nitrogens is 1. The molecular formula is C14H22N4O. The van der Waals surface area contributed by atoms with E-state index in [0.29, 0.717) is 11.7 Å². The van der Waals surface area contributed by atoms with E-state index in [4.69, 9.17) is 5.73 Å². The Morgan fingerprint density at radius 3 is 3.11 bits per heavy atom. The second-order valence-corrected chi connectivity index (χ2v) is 5.77. The average molecular weight is 262 g/mol. The second-order valence-electron chi connectivity index (χ2n) is 5.77. The van der Waals surface area contributed by atoms with Crippen LogP contribution in [-0.2, 0) is 0 Å². The lowest BCUT2D eigenvalue weighted by atomic mass is 9.77. The van der Waals surface area contributed by atoms with Crippen molar-refractivity contribution in [2.75, 3.05) is 18.4 Å². The van der Waals surface area contributed by atoms with Gasteiger partial charge in [-0.3, -0.25) is 9.78 Å². The molecule has 19 heavy (non-hydrogen) atoms. The normalized spacial score (nSPS) is 21.9. The van der Waals surface area contributed by atoms with Crippen LogP contribution in [0.25, 0.3) is 0 Å². The number of hydrogen-bond acceptors (Lipinski definition) is 4. The number of hydrogen-bond donors (Lipinski definition) is 3. The van der Waals surface area contributed by atoms with Gasteiger partial charge in [0.1, 0.15) is 5.69 Å². The zero-order valence-electron chi connectivity index (χ0n) is 11.6. The fourth-order valence-corrected chi connectivity index (χ4v) is 2.51. The number of nitrogens with two attached hydrogens (primary N) is 1. The van der Waals surface area contributed by atoms with E-state index < -0.39 is 5.91 Å². The number of carbonyl (C=O) groups is 1. The SMILES string of the molecule is CC1(C)CCCNC1CNc1ccnc(C(N)=O)c1. The van der Waals surface area contributed by atoms with E-state index in [2.05, 4.69) is 29.5 Å². The summed E-state index contributed by atoms with van der Waals surface area (Å²) in [7, 11) is 0. The highest BCUT2D eigenvalue weighted by Gasteiger charge is 2.31. The first-order valence-electron chi connectivity index (χ1n) is 6.72. The number of piperidine rings is 1. The summed E-state index contributed by atoms with van der Waals surface area (Å²) in [6.45, 7) is 6.47. The van der Waals surface area contributed by atoms with Crippen LogP contribution in [-0.4, -0.2) is 30.0 Å². The molecule has 0 spiro atoms. The lowest BCUT2D eigenvalue weighted by molar-refractivity contribution is 0.0995. The van der Waals surface area contributed by atoms with Gasteiger partial charge < -0.3 is 16.4 Å². The van der Waals surface area contributed by atoms with Gasteiger partial charge in [0.15, 0.2) is 0 Å². The minimum absolute atomic E-state index is 0.283. The maximum Gasteiger partial charge on any atom is 0.267 e. The van der Waals surface area contributed by atoms with Crippen LogP contribution in [0.15, 0.2) is 18.3 Å². The fourth-order valence-electron chi connectivity index (χ4n) is 2.51. The molecule has 0 radical (unpaired) electrons. The third-order valence-electron chi connectivity index (χ3n) is 3.85. The van der Waals surface area contributed by atoms with Crippen molar-refractivity contribution in [1.82, 2.24) is 10.3 Å². The van der Waals surface area contributed by atoms with Gasteiger partial charge in [-0.2, -0.15) is 0 Å². The van der Waals surface area contributed by atoms with E-state index in [9.17, 15) is 4.79 Å². The molecule has 2 heterocycles. The maximum absolute atomic E-state index is 11.1. The van der Waals surface area contributed by atoms with Gasteiger partial charge >= 0.3 is 0 Å². The van der Waals surface area contributed by atoms with Crippen molar-refractivity contribution in [2.24, 2.45) is 11.1 Å². The van der Waals surface area contributed by atoms with Gasteiger partial charge in [0, 0.05) is 24.5 Å². The summed E-state index contributed by atoms with van der Waals surface area (Å²) in [4.78, 5) is 15.0. The molecule has 1 aliphatic heterocycles. The van der Waals surface area contributed by atoms with Crippen LogP contribution in [0.3, 0.4) is 0 Å². The summed E-state index contributed by atoms with van der Waals surface area (Å²) in [5.41, 5.74) is 6.68. The predicted octanol–water partition coefficient (Wildman–Crippen LogP) is 1.37. The van der Waals surface area contributed by atoms with Crippen molar-refractivity contribution >= 4 is 11.6 Å².